The lowest BCUT2D eigenvalue weighted by atomic mass is 10.0. The van der Waals surface area contributed by atoms with Crippen LogP contribution < -0.4 is 5.32 Å². The number of rotatable bonds is 7. The van der Waals surface area contributed by atoms with Gasteiger partial charge in [0.25, 0.3) is 0 Å². The van der Waals surface area contributed by atoms with E-state index in [0.717, 1.165) is 28.7 Å². The molecule has 1 atom stereocenters. The van der Waals surface area contributed by atoms with Gasteiger partial charge in [-0.15, -0.1) is 0 Å². The zero-order valence-electron chi connectivity index (χ0n) is 15.5. The second kappa shape index (κ2) is 7.75. The first-order valence-electron chi connectivity index (χ1n) is 8.50. The van der Waals surface area contributed by atoms with Crippen LogP contribution in [0.15, 0.2) is 12.3 Å². The number of hydrogen-bond donors (Lipinski definition) is 1. The molecule has 2 heterocycles. The van der Waals surface area contributed by atoms with Gasteiger partial charge in [-0.3, -0.25) is 9.48 Å². The predicted octanol–water partition coefficient (Wildman–Crippen LogP) is 2.73. The lowest BCUT2D eigenvalue weighted by Crippen LogP contribution is -2.39. The Balaban J connectivity index is 2.10. The zero-order chi connectivity index (χ0) is 17.9. The molecule has 0 saturated heterocycles. The van der Waals surface area contributed by atoms with E-state index >= 15 is 0 Å². The topological polar surface area (TPSA) is 69.0 Å². The summed E-state index contributed by atoms with van der Waals surface area (Å²) in [5.41, 5.74) is 2.86. The molecule has 0 aromatic carbocycles. The van der Waals surface area contributed by atoms with Crippen LogP contribution in [-0.2, 0) is 23.1 Å². The molecule has 0 amide bonds. The molecule has 0 saturated carbocycles. The molecular formula is C18H28N4O2. The summed E-state index contributed by atoms with van der Waals surface area (Å²) in [7, 11) is 1.89. The van der Waals surface area contributed by atoms with Gasteiger partial charge < -0.3 is 10.1 Å². The molecule has 0 unspecified atom stereocenters. The normalized spacial score (nSPS) is 13.0. The van der Waals surface area contributed by atoms with Crippen molar-refractivity contribution < 1.29 is 9.53 Å². The standard InChI is InChI=1S/C18H28N4O2/c1-11(2)7-16(18(23)24-12(3)4)19-9-14-8-15-13(5)21-22(6)17(15)20-10-14/h8,10-12,16,19H,7,9H2,1-6H3/t16-/m0/s1. The first-order chi connectivity index (χ1) is 11.3. The molecule has 0 aliphatic carbocycles. The number of esters is 1. The summed E-state index contributed by atoms with van der Waals surface area (Å²) in [5.74, 6) is 0.216. The van der Waals surface area contributed by atoms with E-state index < -0.39 is 0 Å². The number of ether oxygens (including phenoxy) is 1. The Hall–Kier alpha value is -1.95. The van der Waals surface area contributed by atoms with Crippen molar-refractivity contribution in [2.45, 2.75) is 59.7 Å². The predicted molar refractivity (Wildman–Crippen MR) is 94.6 cm³/mol. The highest BCUT2D eigenvalue weighted by Crippen LogP contribution is 2.17. The van der Waals surface area contributed by atoms with Crippen molar-refractivity contribution in [2.24, 2.45) is 13.0 Å². The molecule has 2 aromatic rings. The quantitative estimate of drug-likeness (QED) is 0.790. The van der Waals surface area contributed by atoms with Gasteiger partial charge in [-0.05, 0) is 44.7 Å². The largest absolute Gasteiger partial charge is 0.462 e. The molecule has 0 radical (unpaired) electrons. The van der Waals surface area contributed by atoms with Crippen molar-refractivity contribution in [3.63, 3.8) is 0 Å². The number of aryl methyl sites for hydroxylation is 2. The number of carbonyl (C=O) groups is 1. The van der Waals surface area contributed by atoms with Gasteiger partial charge in [-0.1, -0.05) is 13.8 Å². The Kier molecular flexibility index (Phi) is 5.94. The van der Waals surface area contributed by atoms with Crippen LogP contribution in [0.4, 0.5) is 0 Å². The zero-order valence-corrected chi connectivity index (χ0v) is 15.5. The van der Waals surface area contributed by atoms with Crippen LogP contribution in [0.3, 0.4) is 0 Å². The average Bonchev–Trinajstić information content (AvgIpc) is 2.77. The van der Waals surface area contributed by atoms with Crippen LogP contribution >= 0.6 is 0 Å². The van der Waals surface area contributed by atoms with E-state index in [1.807, 2.05) is 34.0 Å². The van der Waals surface area contributed by atoms with E-state index in [-0.39, 0.29) is 18.1 Å². The second-order valence-electron chi connectivity index (χ2n) is 6.97. The third kappa shape index (κ3) is 4.54. The fourth-order valence-electron chi connectivity index (χ4n) is 2.74. The second-order valence-corrected chi connectivity index (χ2v) is 6.97. The molecule has 1 N–H and O–H groups in total. The molecule has 0 bridgehead atoms. The Labute approximate surface area is 143 Å². The summed E-state index contributed by atoms with van der Waals surface area (Å²) in [6, 6.07) is 1.77. The molecule has 0 aliphatic rings. The minimum Gasteiger partial charge on any atom is -0.462 e. The van der Waals surface area contributed by atoms with Gasteiger partial charge in [0.2, 0.25) is 0 Å². The maximum Gasteiger partial charge on any atom is 0.323 e. The number of pyridine rings is 1. The van der Waals surface area contributed by atoms with E-state index in [9.17, 15) is 4.79 Å². The molecule has 0 aliphatic heterocycles. The summed E-state index contributed by atoms with van der Waals surface area (Å²) >= 11 is 0. The lowest BCUT2D eigenvalue weighted by Gasteiger charge is -2.20. The van der Waals surface area contributed by atoms with Crippen molar-refractivity contribution in [3.8, 4) is 0 Å². The van der Waals surface area contributed by atoms with Crippen LogP contribution in [0.5, 0.6) is 0 Å². The van der Waals surface area contributed by atoms with Crippen LogP contribution in [-0.4, -0.2) is 32.9 Å². The number of nitrogens with zero attached hydrogens (tertiary/aromatic N) is 3. The third-order valence-electron chi connectivity index (χ3n) is 3.82. The smallest absolute Gasteiger partial charge is 0.323 e. The van der Waals surface area contributed by atoms with E-state index in [1.165, 1.54) is 0 Å². The fraction of sp³-hybridized carbons (Fsp3) is 0.611. The highest BCUT2D eigenvalue weighted by molar-refractivity contribution is 5.78. The van der Waals surface area contributed by atoms with E-state index in [4.69, 9.17) is 4.74 Å². The van der Waals surface area contributed by atoms with Gasteiger partial charge in [-0.25, -0.2) is 4.98 Å². The van der Waals surface area contributed by atoms with E-state index in [2.05, 4.69) is 35.3 Å². The summed E-state index contributed by atoms with van der Waals surface area (Å²) < 4.78 is 7.15. The molecule has 2 rings (SSSR count). The number of nitrogens with one attached hydrogen (secondary N) is 1. The maximum absolute atomic E-state index is 12.3. The molecular weight excluding hydrogens is 304 g/mol. The monoisotopic (exact) mass is 332 g/mol. The Morgan fingerprint density at radius 2 is 2.04 bits per heavy atom. The van der Waals surface area contributed by atoms with Gasteiger partial charge >= 0.3 is 5.97 Å². The Bertz CT molecular complexity index is 706. The molecule has 2 aromatic heterocycles. The number of carbonyl (C=O) groups excluding carboxylic acids is 1. The molecule has 6 nitrogen and oxygen atoms in total. The van der Waals surface area contributed by atoms with Crippen molar-refractivity contribution in [2.75, 3.05) is 0 Å². The van der Waals surface area contributed by atoms with Crippen molar-refractivity contribution >= 4 is 17.0 Å². The van der Waals surface area contributed by atoms with Crippen LogP contribution in [0, 0.1) is 12.8 Å². The summed E-state index contributed by atoms with van der Waals surface area (Å²) in [5, 5.41) is 8.75. The number of hydrogen-bond acceptors (Lipinski definition) is 5. The fourth-order valence-corrected chi connectivity index (χ4v) is 2.74. The molecule has 24 heavy (non-hydrogen) atoms. The Morgan fingerprint density at radius 1 is 1.33 bits per heavy atom. The summed E-state index contributed by atoms with van der Waals surface area (Å²) in [6.45, 7) is 10.5. The Morgan fingerprint density at radius 3 is 2.67 bits per heavy atom. The number of aromatic nitrogens is 3. The first-order valence-corrected chi connectivity index (χ1v) is 8.50. The average molecular weight is 332 g/mol. The number of fused-ring (bicyclic) bond motifs is 1. The van der Waals surface area contributed by atoms with Gasteiger partial charge in [0.15, 0.2) is 5.65 Å². The highest BCUT2D eigenvalue weighted by atomic mass is 16.5. The van der Waals surface area contributed by atoms with Gasteiger partial charge in [0.05, 0.1) is 11.8 Å². The third-order valence-corrected chi connectivity index (χ3v) is 3.82. The minimum atomic E-state index is -0.307. The van der Waals surface area contributed by atoms with E-state index in [0.29, 0.717) is 12.5 Å². The molecule has 132 valence electrons. The lowest BCUT2D eigenvalue weighted by molar-refractivity contribution is -0.150. The highest BCUT2D eigenvalue weighted by Gasteiger charge is 2.22. The van der Waals surface area contributed by atoms with Gasteiger partial charge in [-0.2, -0.15) is 5.10 Å². The molecule has 6 heteroatoms. The van der Waals surface area contributed by atoms with Crippen LogP contribution in [0.25, 0.3) is 11.0 Å². The summed E-state index contributed by atoms with van der Waals surface area (Å²) in [4.78, 5) is 16.7. The van der Waals surface area contributed by atoms with Crippen molar-refractivity contribution in [3.05, 3.63) is 23.5 Å². The maximum atomic E-state index is 12.3. The van der Waals surface area contributed by atoms with Crippen LogP contribution in [0.2, 0.25) is 0 Å². The van der Waals surface area contributed by atoms with Crippen molar-refractivity contribution in [1.82, 2.24) is 20.1 Å². The summed E-state index contributed by atoms with van der Waals surface area (Å²) in [6.07, 6.45) is 2.47. The minimum absolute atomic E-state index is 0.106. The SMILES string of the molecule is Cc1nn(C)c2ncc(CN[C@@H](CC(C)C)C(=O)OC(C)C)cc12. The van der Waals surface area contributed by atoms with Gasteiger partial charge in [0, 0.05) is 25.2 Å². The van der Waals surface area contributed by atoms with Crippen molar-refractivity contribution in [1.29, 1.82) is 0 Å². The molecule has 0 fully saturated rings. The van der Waals surface area contributed by atoms with E-state index in [1.54, 1.807) is 4.68 Å². The van der Waals surface area contributed by atoms with Gasteiger partial charge in [0.1, 0.15) is 6.04 Å². The van der Waals surface area contributed by atoms with Crippen LogP contribution in [0.1, 0.15) is 45.4 Å². The first kappa shape index (κ1) is 18.4. The molecule has 0 spiro atoms.